The summed E-state index contributed by atoms with van der Waals surface area (Å²) in [5.74, 6) is -0.364. The Hall–Kier alpha value is -2.04. The molecule has 0 radical (unpaired) electrons. The Morgan fingerprint density at radius 2 is 1.70 bits per heavy atom. The zero-order valence-corrected chi connectivity index (χ0v) is 14.3. The van der Waals surface area contributed by atoms with E-state index < -0.39 is 0 Å². The minimum atomic E-state index is -0.300. The Labute approximate surface area is 145 Å². The van der Waals surface area contributed by atoms with Gasteiger partial charge >= 0.3 is 0 Å². The molecule has 0 heterocycles. The summed E-state index contributed by atoms with van der Waals surface area (Å²) in [5, 5.41) is 3.57. The number of carbonyl (C=O) groups excluding carboxylic acids is 2. The lowest BCUT2D eigenvalue weighted by molar-refractivity contribution is 0.0827. The summed E-state index contributed by atoms with van der Waals surface area (Å²) in [4.78, 5) is 25.5. The van der Waals surface area contributed by atoms with Crippen LogP contribution in [0, 0.1) is 0 Å². The van der Waals surface area contributed by atoms with Gasteiger partial charge in [0.2, 0.25) is 0 Å². The number of nitrogens with one attached hydrogen (secondary N) is 1. The first-order valence-corrected chi connectivity index (χ1v) is 7.68. The molecular weight excluding hydrogens is 335 g/mol. The second-order valence-corrected chi connectivity index (χ2v) is 6.05. The van der Waals surface area contributed by atoms with Gasteiger partial charge < -0.3 is 10.2 Å². The first-order valence-electron chi connectivity index (χ1n) is 6.92. The van der Waals surface area contributed by atoms with Crippen molar-refractivity contribution < 1.29 is 9.59 Å². The number of nitrogens with zero attached hydrogens (tertiary/aromatic N) is 1. The predicted octanol–water partition coefficient (Wildman–Crippen LogP) is 3.63. The van der Waals surface area contributed by atoms with Crippen molar-refractivity contribution >= 4 is 35.0 Å². The van der Waals surface area contributed by atoms with Gasteiger partial charge in [-0.05, 0) is 35.9 Å². The van der Waals surface area contributed by atoms with E-state index in [9.17, 15) is 9.59 Å². The SMILES string of the molecule is CN(C)C(=O)c1ccc(CNC(=O)c2cc(Cl)ccc2Cl)cc1. The highest BCUT2D eigenvalue weighted by atomic mass is 35.5. The van der Waals surface area contributed by atoms with E-state index in [-0.39, 0.29) is 11.8 Å². The number of benzene rings is 2. The third kappa shape index (κ3) is 4.47. The van der Waals surface area contributed by atoms with Gasteiger partial charge in [-0.3, -0.25) is 9.59 Å². The van der Waals surface area contributed by atoms with E-state index in [1.165, 1.54) is 11.0 Å². The van der Waals surface area contributed by atoms with Gasteiger partial charge in [0.05, 0.1) is 10.6 Å². The first-order chi connectivity index (χ1) is 10.9. The molecular formula is C17H16Cl2N2O2. The Balaban J connectivity index is 2.02. The quantitative estimate of drug-likeness (QED) is 0.915. The molecule has 0 aliphatic carbocycles. The Kier molecular flexibility index (Phi) is 5.64. The average Bonchev–Trinajstić information content (AvgIpc) is 2.54. The third-order valence-corrected chi connectivity index (χ3v) is 3.80. The fraction of sp³-hybridized carbons (Fsp3) is 0.176. The highest BCUT2D eigenvalue weighted by Crippen LogP contribution is 2.20. The summed E-state index contributed by atoms with van der Waals surface area (Å²) < 4.78 is 0. The summed E-state index contributed by atoms with van der Waals surface area (Å²) >= 11 is 11.9. The molecule has 2 rings (SSSR count). The van der Waals surface area contributed by atoms with Crippen molar-refractivity contribution in [2.75, 3.05) is 14.1 Å². The van der Waals surface area contributed by atoms with Crippen molar-refractivity contribution in [3.8, 4) is 0 Å². The van der Waals surface area contributed by atoms with Crippen molar-refractivity contribution in [3.63, 3.8) is 0 Å². The molecule has 6 heteroatoms. The molecule has 4 nitrogen and oxygen atoms in total. The number of amides is 2. The van der Waals surface area contributed by atoms with Gasteiger partial charge in [0.1, 0.15) is 0 Å². The van der Waals surface area contributed by atoms with Crippen LogP contribution in [0.2, 0.25) is 10.0 Å². The highest BCUT2D eigenvalue weighted by molar-refractivity contribution is 6.35. The van der Waals surface area contributed by atoms with Crippen LogP contribution in [0.3, 0.4) is 0 Å². The van der Waals surface area contributed by atoms with Gasteiger partial charge in [-0.25, -0.2) is 0 Å². The molecule has 0 unspecified atom stereocenters. The van der Waals surface area contributed by atoms with Gasteiger partial charge in [-0.1, -0.05) is 35.3 Å². The van der Waals surface area contributed by atoms with E-state index in [0.29, 0.717) is 27.7 Å². The number of carbonyl (C=O) groups is 2. The maximum absolute atomic E-state index is 12.1. The fourth-order valence-electron chi connectivity index (χ4n) is 1.97. The van der Waals surface area contributed by atoms with E-state index in [0.717, 1.165) is 5.56 Å². The molecule has 2 amide bonds. The summed E-state index contributed by atoms with van der Waals surface area (Å²) in [6, 6.07) is 11.8. The molecule has 120 valence electrons. The standard InChI is InChI=1S/C17H16Cl2N2O2/c1-21(2)17(23)12-5-3-11(4-6-12)10-20-16(22)14-9-13(18)7-8-15(14)19/h3-9H,10H2,1-2H3,(H,20,22). The second kappa shape index (κ2) is 7.49. The molecule has 0 atom stereocenters. The minimum Gasteiger partial charge on any atom is -0.348 e. The normalized spacial score (nSPS) is 10.3. The molecule has 0 aliphatic heterocycles. The van der Waals surface area contributed by atoms with Crippen LogP contribution in [0.25, 0.3) is 0 Å². The number of hydrogen-bond donors (Lipinski definition) is 1. The lowest BCUT2D eigenvalue weighted by Gasteiger charge is -2.11. The molecule has 0 aliphatic rings. The minimum absolute atomic E-state index is 0.0636. The van der Waals surface area contributed by atoms with Gasteiger partial charge in [-0.15, -0.1) is 0 Å². The van der Waals surface area contributed by atoms with E-state index in [2.05, 4.69) is 5.32 Å². The van der Waals surface area contributed by atoms with Crippen LogP contribution >= 0.6 is 23.2 Å². The van der Waals surface area contributed by atoms with E-state index in [1.54, 1.807) is 50.5 Å². The van der Waals surface area contributed by atoms with E-state index >= 15 is 0 Å². The Morgan fingerprint density at radius 1 is 1.04 bits per heavy atom. The monoisotopic (exact) mass is 350 g/mol. The molecule has 23 heavy (non-hydrogen) atoms. The van der Waals surface area contributed by atoms with Crippen molar-refractivity contribution in [3.05, 3.63) is 69.2 Å². The van der Waals surface area contributed by atoms with Crippen LogP contribution in [-0.2, 0) is 6.54 Å². The zero-order valence-electron chi connectivity index (χ0n) is 12.8. The molecule has 0 spiro atoms. The highest BCUT2D eigenvalue weighted by Gasteiger charge is 2.11. The second-order valence-electron chi connectivity index (χ2n) is 5.20. The summed E-state index contributed by atoms with van der Waals surface area (Å²) in [6.07, 6.45) is 0. The Bertz CT molecular complexity index is 728. The van der Waals surface area contributed by atoms with Crippen molar-refractivity contribution in [1.82, 2.24) is 10.2 Å². The molecule has 0 fully saturated rings. The summed E-state index contributed by atoms with van der Waals surface area (Å²) in [7, 11) is 3.40. The van der Waals surface area contributed by atoms with Gasteiger partial charge in [0, 0.05) is 31.2 Å². The average molecular weight is 351 g/mol. The largest absolute Gasteiger partial charge is 0.348 e. The van der Waals surface area contributed by atoms with Crippen LogP contribution in [0.4, 0.5) is 0 Å². The van der Waals surface area contributed by atoms with E-state index in [1.807, 2.05) is 0 Å². The summed E-state index contributed by atoms with van der Waals surface area (Å²) in [5.41, 5.74) is 1.81. The van der Waals surface area contributed by atoms with Crippen LogP contribution < -0.4 is 5.32 Å². The molecule has 0 bridgehead atoms. The Morgan fingerprint density at radius 3 is 2.30 bits per heavy atom. The molecule has 0 aromatic heterocycles. The van der Waals surface area contributed by atoms with Crippen molar-refractivity contribution in [2.45, 2.75) is 6.54 Å². The van der Waals surface area contributed by atoms with Crippen LogP contribution in [0.5, 0.6) is 0 Å². The van der Waals surface area contributed by atoms with E-state index in [4.69, 9.17) is 23.2 Å². The lowest BCUT2D eigenvalue weighted by atomic mass is 10.1. The lowest BCUT2D eigenvalue weighted by Crippen LogP contribution is -2.23. The number of halogens is 2. The number of hydrogen-bond acceptors (Lipinski definition) is 2. The van der Waals surface area contributed by atoms with Gasteiger partial charge in [0.25, 0.3) is 11.8 Å². The smallest absolute Gasteiger partial charge is 0.253 e. The van der Waals surface area contributed by atoms with Crippen molar-refractivity contribution in [1.29, 1.82) is 0 Å². The van der Waals surface area contributed by atoms with Crippen LogP contribution in [0.1, 0.15) is 26.3 Å². The molecule has 1 N–H and O–H groups in total. The maximum atomic E-state index is 12.1. The topological polar surface area (TPSA) is 49.4 Å². The van der Waals surface area contributed by atoms with Gasteiger partial charge in [-0.2, -0.15) is 0 Å². The zero-order chi connectivity index (χ0) is 17.0. The molecule has 2 aromatic rings. The molecule has 0 saturated carbocycles. The predicted molar refractivity (Wildman–Crippen MR) is 92.1 cm³/mol. The first kappa shape index (κ1) is 17.3. The molecule has 2 aromatic carbocycles. The fourth-order valence-corrected chi connectivity index (χ4v) is 2.35. The van der Waals surface area contributed by atoms with Gasteiger partial charge in [0.15, 0.2) is 0 Å². The summed E-state index contributed by atoms with van der Waals surface area (Å²) in [6.45, 7) is 0.331. The number of rotatable bonds is 4. The maximum Gasteiger partial charge on any atom is 0.253 e. The van der Waals surface area contributed by atoms with Crippen LogP contribution in [0.15, 0.2) is 42.5 Å². The van der Waals surface area contributed by atoms with Crippen LogP contribution in [-0.4, -0.2) is 30.8 Å². The van der Waals surface area contributed by atoms with Crippen molar-refractivity contribution in [2.24, 2.45) is 0 Å². The molecule has 0 saturated heterocycles. The third-order valence-electron chi connectivity index (χ3n) is 3.23.